The Labute approximate surface area is 183 Å². The van der Waals surface area contributed by atoms with Gasteiger partial charge in [-0.2, -0.15) is 4.72 Å². The number of non-ortho nitro benzene ring substituents is 1. The molecule has 0 aliphatic carbocycles. The van der Waals surface area contributed by atoms with E-state index in [0.717, 1.165) is 0 Å². The molecule has 2 N–H and O–H groups in total. The van der Waals surface area contributed by atoms with Crippen molar-refractivity contribution in [1.29, 1.82) is 0 Å². The van der Waals surface area contributed by atoms with Gasteiger partial charge in [0.1, 0.15) is 6.04 Å². The lowest BCUT2D eigenvalue weighted by Crippen LogP contribution is -2.45. The maximum Gasteiger partial charge on any atom is 0.324 e. The van der Waals surface area contributed by atoms with Crippen LogP contribution in [0.25, 0.3) is 0 Å². The summed E-state index contributed by atoms with van der Waals surface area (Å²) in [6.45, 7) is 2.57. The minimum absolute atomic E-state index is 0.0775. The van der Waals surface area contributed by atoms with Crippen LogP contribution < -0.4 is 10.0 Å². The van der Waals surface area contributed by atoms with Crippen molar-refractivity contribution in [3.63, 3.8) is 0 Å². The van der Waals surface area contributed by atoms with Crippen molar-refractivity contribution >= 4 is 44.9 Å². The van der Waals surface area contributed by atoms with Gasteiger partial charge in [0.05, 0.1) is 9.82 Å². The predicted octanol–water partition coefficient (Wildman–Crippen LogP) is 2.73. The van der Waals surface area contributed by atoms with E-state index >= 15 is 0 Å². The number of halogens is 1. The molecule has 0 radical (unpaired) electrons. The lowest BCUT2D eigenvalue weighted by Gasteiger charge is -2.20. The van der Waals surface area contributed by atoms with E-state index in [1.165, 1.54) is 48.5 Å². The second-order valence-corrected chi connectivity index (χ2v) is 8.91. The van der Waals surface area contributed by atoms with Gasteiger partial charge in [-0.05, 0) is 42.3 Å². The number of anilines is 1. The Kier molecular flexibility index (Phi) is 8.08. The van der Waals surface area contributed by atoms with Crippen molar-refractivity contribution in [2.75, 3.05) is 11.9 Å². The summed E-state index contributed by atoms with van der Waals surface area (Å²) < 4.78 is 32.3. The number of esters is 1. The Morgan fingerprint density at radius 2 is 1.68 bits per heavy atom. The first-order valence-electron chi connectivity index (χ1n) is 8.98. The fourth-order valence-electron chi connectivity index (χ4n) is 2.40. The van der Waals surface area contributed by atoms with Crippen LogP contribution in [0.15, 0.2) is 53.4 Å². The SMILES string of the molecule is CC(C)[C@H](NS(=O)(=O)c1ccc(Cl)cc1)C(=O)OCC(=O)Nc1ccc([N+](=O)[O-])cc1. The predicted molar refractivity (Wildman–Crippen MR) is 113 cm³/mol. The summed E-state index contributed by atoms with van der Waals surface area (Å²) in [5, 5.41) is 13.4. The van der Waals surface area contributed by atoms with Crippen LogP contribution in [-0.2, 0) is 24.3 Å². The zero-order valence-electron chi connectivity index (χ0n) is 16.6. The number of carbonyl (C=O) groups excluding carboxylic acids is 2. The monoisotopic (exact) mass is 469 g/mol. The van der Waals surface area contributed by atoms with Gasteiger partial charge in [0.15, 0.2) is 6.61 Å². The number of nitrogens with zero attached hydrogens (tertiary/aromatic N) is 1. The van der Waals surface area contributed by atoms with Crippen molar-refractivity contribution in [3.05, 3.63) is 63.7 Å². The maximum atomic E-state index is 12.5. The van der Waals surface area contributed by atoms with Gasteiger partial charge in [-0.1, -0.05) is 25.4 Å². The third kappa shape index (κ3) is 7.02. The zero-order valence-corrected chi connectivity index (χ0v) is 18.1. The second-order valence-electron chi connectivity index (χ2n) is 6.76. The minimum atomic E-state index is -4.03. The molecule has 10 nitrogen and oxygen atoms in total. The van der Waals surface area contributed by atoms with Crippen molar-refractivity contribution in [1.82, 2.24) is 4.72 Å². The molecule has 0 aromatic heterocycles. The Hall–Kier alpha value is -3.02. The number of carbonyl (C=O) groups is 2. The fraction of sp³-hybridized carbons (Fsp3) is 0.263. The summed E-state index contributed by atoms with van der Waals surface area (Å²) in [4.78, 5) is 34.4. The van der Waals surface area contributed by atoms with Crippen LogP contribution in [0, 0.1) is 16.0 Å². The molecule has 0 fully saturated rings. The highest BCUT2D eigenvalue weighted by Gasteiger charge is 2.30. The number of benzene rings is 2. The molecule has 0 unspecified atom stereocenters. The molecular weight excluding hydrogens is 450 g/mol. The maximum absolute atomic E-state index is 12.5. The Morgan fingerprint density at radius 3 is 2.19 bits per heavy atom. The molecule has 0 bridgehead atoms. The molecule has 12 heteroatoms. The van der Waals surface area contributed by atoms with E-state index < -0.39 is 45.4 Å². The van der Waals surface area contributed by atoms with Gasteiger partial charge in [0.25, 0.3) is 11.6 Å². The molecule has 0 saturated carbocycles. The second kappa shape index (κ2) is 10.3. The van der Waals surface area contributed by atoms with Gasteiger partial charge in [-0.15, -0.1) is 0 Å². The first-order valence-corrected chi connectivity index (χ1v) is 10.8. The molecule has 0 saturated heterocycles. The molecule has 2 rings (SSSR count). The third-order valence-corrected chi connectivity index (χ3v) is 5.74. The number of nitrogens with one attached hydrogen (secondary N) is 2. The van der Waals surface area contributed by atoms with Crippen molar-refractivity contribution in [2.24, 2.45) is 5.92 Å². The highest BCUT2D eigenvalue weighted by atomic mass is 35.5. The minimum Gasteiger partial charge on any atom is -0.454 e. The quantitative estimate of drug-likeness (QED) is 0.326. The van der Waals surface area contributed by atoms with Gasteiger partial charge in [-0.3, -0.25) is 19.7 Å². The number of rotatable bonds is 9. The molecule has 0 heterocycles. The van der Waals surface area contributed by atoms with Crippen molar-refractivity contribution in [3.8, 4) is 0 Å². The Bertz CT molecular complexity index is 1050. The fourth-order valence-corrected chi connectivity index (χ4v) is 3.85. The standard InChI is InChI=1S/C19H20ClN3O7S/c1-12(2)18(22-31(28,29)16-9-3-13(20)4-10-16)19(25)30-11-17(24)21-14-5-7-15(8-6-14)23(26)27/h3-10,12,18,22H,11H2,1-2H3,(H,21,24)/t18-/m0/s1. The molecule has 2 aromatic carbocycles. The first kappa shape index (κ1) is 24.3. The van der Waals surface area contributed by atoms with Crippen LogP contribution >= 0.6 is 11.6 Å². The van der Waals surface area contributed by atoms with Gasteiger partial charge in [0, 0.05) is 22.8 Å². The topological polar surface area (TPSA) is 145 Å². The van der Waals surface area contributed by atoms with E-state index in [4.69, 9.17) is 16.3 Å². The van der Waals surface area contributed by atoms with Crippen LogP contribution in [0.2, 0.25) is 5.02 Å². The van der Waals surface area contributed by atoms with Gasteiger partial charge in [-0.25, -0.2) is 8.42 Å². The van der Waals surface area contributed by atoms with E-state index in [9.17, 15) is 28.1 Å². The molecule has 2 aromatic rings. The number of hydrogen-bond acceptors (Lipinski definition) is 7. The van der Waals surface area contributed by atoms with Gasteiger partial charge >= 0.3 is 5.97 Å². The Balaban J connectivity index is 1.98. The Morgan fingerprint density at radius 1 is 1.10 bits per heavy atom. The molecule has 0 aliphatic rings. The van der Waals surface area contributed by atoms with Crippen molar-refractivity contribution in [2.45, 2.75) is 24.8 Å². The number of sulfonamides is 1. The number of ether oxygens (including phenoxy) is 1. The highest BCUT2D eigenvalue weighted by Crippen LogP contribution is 2.17. The van der Waals surface area contributed by atoms with E-state index in [0.29, 0.717) is 5.02 Å². The van der Waals surface area contributed by atoms with Crippen LogP contribution in [0.3, 0.4) is 0 Å². The van der Waals surface area contributed by atoms with Crippen LogP contribution in [0.4, 0.5) is 11.4 Å². The van der Waals surface area contributed by atoms with Gasteiger partial charge in [0.2, 0.25) is 10.0 Å². The average molecular weight is 470 g/mol. The van der Waals surface area contributed by atoms with E-state index in [-0.39, 0.29) is 16.3 Å². The molecule has 0 aliphatic heterocycles. The first-order chi connectivity index (χ1) is 14.5. The number of amides is 1. The summed E-state index contributed by atoms with van der Waals surface area (Å²) in [7, 11) is -4.03. The summed E-state index contributed by atoms with van der Waals surface area (Å²) in [5.41, 5.74) is 0.132. The van der Waals surface area contributed by atoms with E-state index in [1.807, 2.05) is 0 Å². The van der Waals surface area contributed by atoms with Crippen LogP contribution in [-0.4, -0.2) is 37.9 Å². The number of nitro groups is 1. The van der Waals surface area contributed by atoms with Crippen molar-refractivity contribution < 1.29 is 27.7 Å². The molecule has 0 spiro atoms. The largest absolute Gasteiger partial charge is 0.454 e. The van der Waals surface area contributed by atoms with E-state index in [2.05, 4.69) is 10.0 Å². The molecule has 166 valence electrons. The zero-order chi connectivity index (χ0) is 23.2. The number of hydrogen-bond donors (Lipinski definition) is 2. The summed E-state index contributed by atoms with van der Waals surface area (Å²) >= 11 is 5.76. The lowest BCUT2D eigenvalue weighted by atomic mass is 10.1. The van der Waals surface area contributed by atoms with E-state index in [1.54, 1.807) is 13.8 Å². The van der Waals surface area contributed by atoms with Crippen LogP contribution in [0.1, 0.15) is 13.8 Å². The summed E-state index contributed by atoms with van der Waals surface area (Å²) in [6, 6.07) is 9.25. The molecule has 1 atom stereocenters. The summed E-state index contributed by atoms with van der Waals surface area (Å²) in [5.74, 6) is -2.08. The highest BCUT2D eigenvalue weighted by molar-refractivity contribution is 7.89. The molecule has 31 heavy (non-hydrogen) atoms. The third-order valence-electron chi connectivity index (χ3n) is 4.03. The average Bonchev–Trinajstić information content (AvgIpc) is 2.71. The van der Waals surface area contributed by atoms with Gasteiger partial charge < -0.3 is 10.1 Å². The summed E-state index contributed by atoms with van der Waals surface area (Å²) in [6.07, 6.45) is 0. The lowest BCUT2D eigenvalue weighted by molar-refractivity contribution is -0.384. The molecule has 1 amide bonds. The van der Waals surface area contributed by atoms with Crippen LogP contribution in [0.5, 0.6) is 0 Å². The molecular formula is C19H20ClN3O7S. The number of nitro benzene ring substituents is 1. The normalized spacial score (nSPS) is 12.3. The smallest absolute Gasteiger partial charge is 0.324 e.